The van der Waals surface area contributed by atoms with Crippen LogP contribution in [0.1, 0.15) is 39.0 Å². The number of hydrogen-bond donors (Lipinski definition) is 1. The summed E-state index contributed by atoms with van der Waals surface area (Å²) >= 11 is 0. The lowest BCUT2D eigenvalue weighted by Crippen LogP contribution is -2.35. The zero-order chi connectivity index (χ0) is 11.7. The zero-order valence-corrected chi connectivity index (χ0v) is 10.2. The largest absolute Gasteiger partial charge is 0.379 e. The van der Waals surface area contributed by atoms with Gasteiger partial charge in [-0.1, -0.05) is 6.42 Å². The lowest BCUT2D eigenvalue weighted by molar-refractivity contribution is -0.225. The lowest BCUT2D eigenvalue weighted by atomic mass is 9.94. The Hall–Kier alpha value is -0.160. The Morgan fingerprint density at radius 2 is 1.56 bits per heavy atom. The third-order valence-corrected chi connectivity index (χ3v) is 2.81. The Bertz CT molecular complexity index is 166. The Balaban J connectivity index is 1.93. The maximum absolute atomic E-state index is 10.0. The highest BCUT2D eigenvalue weighted by Gasteiger charge is 2.29. The quantitative estimate of drug-likeness (QED) is 0.511. The predicted molar refractivity (Wildman–Crippen MR) is 61.3 cm³/mol. The summed E-state index contributed by atoms with van der Waals surface area (Å²) < 4.78 is 15.9. The number of aliphatic hydroxyl groups is 1. The van der Waals surface area contributed by atoms with E-state index in [1.165, 1.54) is 6.42 Å². The van der Waals surface area contributed by atoms with E-state index in [9.17, 15) is 5.11 Å². The standard InChI is InChI=1S/C12H24O4/c1-2-14-8-9-15-10-11-16-12(13)6-4-3-5-7-12/h13H,2-11H2,1H3. The van der Waals surface area contributed by atoms with Gasteiger partial charge in [0.2, 0.25) is 0 Å². The second-order valence-corrected chi connectivity index (χ2v) is 4.16. The first kappa shape index (κ1) is 13.9. The molecule has 0 aliphatic heterocycles. The SMILES string of the molecule is CCOCCOCCOC1(O)CCCCC1. The molecule has 1 fully saturated rings. The molecular formula is C12H24O4. The van der Waals surface area contributed by atoms with Crippen molar-refractivity contribution in [1.29, 1.82) is 0 Å². The highest BCUT2D eigenvalue weighted by Crippen LogP contribution is 2.28. The van der Waals surface area contributed by atoms with Crippen LogP contribution in [0.25, 0.3) is 0 Å². The number of hydrogen-bond acceptors (Lipinski definition) is 4. The Morgan fingerprint density at radius 3 is 2.25 bits per heavy atom. The molecular weight excluding hydrogens is 208 g/mol. The highest BCUT2D eigenvalue weighted by atomic mass is 16.6. The first-order valence-electron chi connectivity index (χ1n) is 6.29. The van der Waals surface area contributed by atoms with Gasteiger partial charge in [0.25, 0.3) is 0 Å². The molecule has 0 radical (unpaired) electrons. The third kappa shape index (κ3) is 5.80. The van der Waals surface area contributed by atoms with Crippen LogP contribution in [0.2, 0.25) is 0 Å². The van der Waals surface area contributed by atoms with E-state index in [0.29, 0.717) is 26.4 Å². The van der Waals surface area contributed by atoms with Crippen molar-refractivity contribution < 1.29 is 19.3 Å². The molecule has 96 valence electrons. The summed E-state index contributed by atoms with van der Waals surface area (Å²) in [5, 5.41) is 10.0. The first-order valence-corrected chi connectivity index (χ1v) is 6.29. The lowest BCUT2D eigenvalue weighted by Gasteiger charge is -2.31. The van der Waals surface area contributed by atoms with Crippen LogP contribution in [0.15, 0.2) is 0 Å². The van der Waals surface area contributed by atoms with Gasteiger partial charge in [0, 0.05) is 19.4 Å². The van der Waals surface area contributed by atoms with Gasteiger partial charge in [-0.3, -0.25) is 0 Å². The molecule has 0 aromatic heterocycles. The van der Waals surface area contributed by atoms with Crippen LogP contribution in [0.3, 0.4) is 0 Å². The first-order chi connectivity index (χ1) is 7.77. The monoisotopic (exact) mass is 232 g/mol. The molecule has 16 heavy (non-hydrogen) atoms. The molecule has 0 spiro atoms. The minimum atomic E-state index is -0.887. The van der Waals surface area contributed by atoms with E-state index in [1.807, 2.05) is 6.92 Å². The van der Waals surface area contributed by atoms with Gasteiger partial charge in [-0.15, -0.1) is 0 Å². The van der Waals surface area contributed by atoms with Crippen molar-refractivity contribution in [2.45, 2.75) is 44.8 Å². The van der Waals surface area contributed by atoms with Gasteiger partial charge in [-0.05, 0) is 19.8 Å². The molecule has 1 rings (SSSR count). The topological polar surface area (TPSA) is 47.9 Å². The molecule has 0 saturated heterocycles. The molecule has 0 unspecified atom stereocenters. The summed E-state index contributed by atoms with van der Waals surface area (Å²) in [4.78, 5) is 0. The van der Waals surface area contributed by atoms with E-state index in [4.69, 9.17) is 14.2 Å². The van der Waals surface area contributed by atoms with Gasteiger partial charge in [-0.25, -0.2) is 0 Å². The molecule has 4 nitrogen and oxygen atoms in total. The van der Waals surface area contributed by atoms with Crippen LogP contribution in [-0.4, -0.2) is 43.9 Å². The van der Waals surface area contributed by atoms with E-state index in [1.54, 1.807) is 0 Å². The predicted octanol–water partition coefficient (Wildman–Crippen LogP) is 1.71. The molecule has 0 bridgehead atoms. The van der Waals surface area contributed by atoms with Crippen molar-refractivity contribution in [2.75, 3.05) is 33.0 Å². The van der Waals surface area contributed by atoms with E-state index < -0.39 is 5.79 Å². The molecule has 0 aromatic rings. The van der Waals surface area contributed by atoms with Crippen LogP contribution in [0, 0.1) is 0 Å². The van der Waals surface area contributed by atoms with Crippen molar-refractivity contribution in [3.05, 3.63) is 0 Å². The summed E-state index contributed by atoms with van der Waals surface area (Å²) in [5.41, 5.74) is 0. The summed E-state index contributed by atoms with van der Waals surface area (Å²) in [6, 6.07) is 0. The normalized spacial score (nSPS) is 19.9. The molecule has 1 aliphatic carbocycles. The number of ether oxygens (including phenoxy) is 3. The smallest absolute Gasteiger partial charge is 0.165 e. The second-order valence-electron chi connectivity index (χ2n) is 4.16. The maximum atomic E-state index is 10.0. The Labute approximate surface area is 97.9 Å². The molecule has 1 aliphatic rings. The average Bonchev–Trinajstić information content (AvgIpc) is 2.29. The van der Waals surface area contributed by atoms with Gasteiger partial charge in [0.05, 0.1) is 26.4 Å². The molecule has 0 heterocycles. The van der Waals surface area contributed by atoms with Gasteiger partial charge in [0.15, 0.2) is 5.79 Å². The second kappa shape index (κ2) is 8.01. The van der Waals surface area contributed by atoms with Crippen LogP contribution < -0.4 is 0 Å². The van der Waals surface area contributed by atoms with E-state index in [0.717, 1.165) is 32.3 Å². The molecule has 4 heteroatoms. The summed E-state index contributed by atoms with van der Waals surface area (Å²) in [5.74, 6) is -0.887. The molecule has 1 N–H and O–H groups in total. The van der Waals surface area contributed by atoms with Crippen LogP contribution in [0.4, 0.5) is 0 Å². The number of rotatable bonds is 8. The van der Waals surface area contributed by atoms with Crippen molar-refractivity contribution >= 4 is 0 Å². The van der Waals surface area contributed by atoms with Crippen LogP contribution in [-0.2, 0) is 14.2 Å². The molecule has 0 atom stereocenters. The maximum Gasteiger partial charge on any atom is 0.165 e. The van der Waals surface area contributed by atoms with Crippen molar-refractivity contribution in [1.82, 2.24) is 0 Å². The highest BCUT2D eigenvalue weighted by molar-refractivity contribution is 4.72. The molecule has 1 saturated carbocycles. The van der Waals surface area contributed by atoms with E-state index in [-0.39, 0.29) is 0 Å². The summed E-state index contributed by atoms with van der Waals surface area (Å²) in [6.07, 6.45) is 4.83. The van der Waals surface area contributed by atoms with Gasteiger partial charge in [0.1, 0.15) is 0 Å². The van der Waals surface area contributed by atoms with E-state index >= 15 is 0 Å². The minimum absolute atomic E-state index is 0.461. The van der Waals surface area contributed by atoms with Gasteiger partial charge >= 0.3 is 0 Å². The Morgan fingerprint density at radius 1 is 0.938 bits per heavy atom. The van der Waals surface area contributed by atoms with Crippen LogP contribution >= 0.6 is 0 Å². The summed E-state index contributed by atoms with van der Waals surface area (Å²) in [7, 11) is 0. The minimum Gasteiger partial charge on any atom is -0.379 e. The third-order valence-electron chi connectivity index (χ3n) is 2.81. The molecule has 0 amide bonds. The fourth-order valence-electron chi connectivity index (χ4n) is 1.90. The van der Waals surface area contributed by atoms with Gasteiger partial charge < -0.3 is 19.3 Å². The average molecular weight is 232 g/mol. The van der Waals surface area contributed by atoms with Crippen molar-refractivity contribution in [2.24, 2.45) is 0 Å². The Kier molecular flexibility index (Phi) is 6.96. The van der Waals surface area contributed by atoms with E-state index in [2.05, 4.69) is 0 Å². The van der Waals surface area contributed by atoms with Crippen molar-refractivity contribution in [3.8, 4) is 0 Å². The fraction of sp³-hybridized carbons (Fsp3) is 1.00. The van der Waals surface area contributed by atoms with Crippen molar-refractivity contribution in [3.63, 3.8) is 0 Å². The summed E-state index contributed by atoms with van der Waals surface area (Å²) in [6.45, 7) is 4.88. The zero-order valence-electron chi connectivity index (χ0n) is 10.2. The fourth-order valence-corrected chi connectivity index (χ4v) is 1.90. The van der Waals surface area contributed by atoms with Crippen LogP contribution in [0.5, 0.6) is 0 Å². The molecule has 0 aromatic carbocycles. The van der Waals surface area contributed by atoms with Gasteiger partial charge in [-0.2, -0.15) is 0 Å².